The molecule has 0 saturated heterocycles. The van der Waals surface area contributed by atoms with Gasteiger partial charge in [-0.2, -0.15) is 13.2 Å². The second-order valence-corrected chi connectivity index (χ2v) is 5.77. The highest BCUT2D eigenvalue weighted by atomic mass is 79.9. The predicted molar refractivity (Wildman–Crippen MR) is 73.7 cm³/mol. The molecule has 0 bridgehead atoms. The van der Waals surface area contributed by atoms with E-state index >= 15 is 0 Å². The molecule has 0 aromatic heterocycles. The molecule has 1 N–H and O–H groups in total. The monoisotopic (exact) mass is 342 g/mol. The van der Waals surface area contributed by atoms with Gasteiger partial charge < -0.3 is 5.32 Å². The van der Waals surface area contributed by atoms with Crippen LogP contribution in [0.1, 0.15) is 18.4 Å². The molecule has 0 radical (unpaired) electrons. The van der Waals surface area contributed by atoms with E-state index in [2.05, 4.69) is 38.1 Å². The van der Waals surface area contributed by atoms with E-state index in [1.165, 1.54) is 6.07 Å². The first kappa shape index (κ1) is 13.5. The number of fused-ring (bicyclic) bond motifs is 1. The van der Waals surface area contributed by atoms with Crippen LogP contribution in [0, 0.1) is 17.8 Å². The third-order valence-electron chi connectivity index (χ3n) is 3.31. The van der Waals surface area contributed by atoms with Gasteiger partial charge in [0.05, 0.1) is 12.0 Å². The number of alkyl halides is 3. The number of benzene rings is 1. The highest BCUT2D eigenvalue weighted by Gasteiger charge is 2.57. The molecule has 1 aromatic carbocycles. The van der Waals surface area contributed by atoms with E-state index < -0.39 is 11.7 Å². The highest BCUT2D eigenvalue weighted by molar-refractivity contribution is 9.10. The third kappa shape index (κ3) is 2.20. The lowest BCUT2D eigenvalue weighted by Crippen LogP contribution is -2.53. The summed E-state index contributed by atoms with van der Waals surface area (Å²) in [5.74, 6) is 5.23. The van der Waals surface area contributed by atoms with Crippen LogP contribution in [0.5, 0.6) is 0 Å². The molecule has 3 rings (SSSR count). The third-order valence-corrected chi connectivity index (χ3v) is 3.81. The van der Waals surface area contributed by atoms with Crippen LogP contribution in [0.25, 0.3) is 0 Å². The molecular weight excluding hydrogens is 333 g/mol. The Kier molecular flexibility index (Phi) is 3.05. The van der Waals surface area contributed by atoms with Crippen molar-refractivity contribution in [1.82, 2.24) is 5.32 Å². The second-order valence-electron chi connectivity index (χ2n) is 4.86. The van der Waals surface area contributed by atoms with Crippen LogP contribution in [0.2, 0.25) is 0 Å². The van der Waals surface area contributed by atoms with Crippen LogP contribution in [0.15, 0.2) is 27.7 Å². The van der Waals surface area contributed by atoms with Crippen molar-refractivity contribution >= 4 is 28.0 Å². The van der Waals surface area contributed by atoms with Gasteiger partial charge >= 0.3 is 6.18 Å². The van der Waals surface area contributed by atoms with Gasteiger partial charge in [-0.25, -0.2) is 4.99 Å². The molecule has 1 aromatic rings. The predicted octanol–water partition coefficient (Wildman–Crippen LogP) is 3.88. The normalized spacial score (nSPS) is 24.4. The first-order valence-electron chi connectivity index (χ1n) is 6.12. The molecule has 104 valence electrons. The topological polar surface area (TPSA) is 24.4 Å². The molecule has 2 aliphatic rings. The average molecular weight is 343 g/mol. The molecule has 1 aliphatic heterocycles. The molecule has 0 unspecified atom stereocenters. The number of aliphatic imine (C=N–C) groups is 1. The number of hydrogen-bond donors (Lipinski definition) is 1. The Hall–Kier alpha value is -1.48. The summed E-state index contributed by atoms with van der Waals surface area (Å²) in [6.45, 7) is 0. The van der Waals surface area contributed by atoms with Gasteiger partial charge in [-0.3, -0.25) is 0 Å². The molecule has 6 heteroatoms. The van der Waals surface area contributed by atoms with Crippen molar-refractivity contribution in [2.24, 2.45) is 10.9 Å². The lowest BCUT2D eigenvalue weighted by atomic mass is 9.87. The van der Waals surface area contributed by atoms with E-state index in [0.29, 0.717) is 4.47 Å². The number of nitrogens with zero attached hydrogens (tertiary/aromatic N) is 1. The zero-order chi connectivity index (χ0) is 14.4. The molecule has 20 heavy (non-hydrogen) atoms. The molecule has 1 aliphatic carbocycles. The van der Waals surface area contributed by atoms with Crippen LogP contribution in [0.4, 0.5) is 18.9 Å². The molecule has 1 fully saturated rings. The first-order valence-corrected chi connectivity index (χ1v) is 6.91. The van der Waals surface area contributed by atoms with E-state index in [0.717, 1.165) is 19.2 Å². The summed E-state index contributed by atoms with van der Waals surface area (Å²) in [7, 11) is 0. The minimum atomic E-state index is -4.52. The van der Waals surface area contributed by atoms with Gasteiger partial charge in [0.15, 0.2) is 0 Å². The van der Waals surface area contributed by atoms with Gasteiger partial charge in [-0.15, -0.1) is 0 Å². The highest BCUT2D eigenvalue weighted by Crippen LogP contribution is 2.45. The van der Waals surface area contributed by atoms with Crippen LogP contribution in [-0.4, -0.2) is 12.5 Å². The van der Waals surface area contributed by atoms with Gasteiger partial charge in [0.25, 0.3) is 0 Å². The van der Waals surface area contributed by atoms with Crippen molar-refractivity contribution in [1.29, 1.82) is 0 Å². The molecule has 1 saturated carbocycles. The van der Waals surface area contributed by atoms with E-state index in [1.807, 2.05) is 0 Å². The Labute approximate surface area is 122 Å². The summed E-state index contributed by atoms with van der Waals surface area (Å²) in [6, 6.07) is 4.55. The Bertz CT molecular complexity index is 638. The Morgan fingerprint density at radius 2 is 2.10 bits per heavy atom. The maximum absolute atomic E-state index is 13.6. The molecule has 1 heterocycles. The fraction of sp³-hybridized carbons (Fsp3) is 0.357. The quantitative estimate of drug-likeness (QED) is 0.711. The minimum absolute atomic E-state index is 0.0452. The van der Waals surface area contributed by atoms with Crippen LogP contribution >= 0.6 is 15.9 Å². The molecular formula is C14H10BrF3N2. The van der Waals surface area contributed by atoms with Gasteiger partial charge in [-0.1, -0.05) is 33.8 Å². The fourth-order valence-corrected chi connectivity index (χ4v) is 2.40. The van der Waals surface area contributed by atoms with Crippen molar-refractivity contribution < 1.29 is 13.2 Å². The number of hydrogen-bond acceptors (Lipinski definition) is 2. The van der Waals surface area contributed by atoms with Gasteiger partial charge in [0.2, 0.25) is 5.54 Å². The molecule has 2 nitrogen and oxygen atoms in total. The standard InChI is InChI=1S/C14H10BrF3N2/c15-10-3-4-11-12(7-10)19-8-20-13(11,14(16,17)18)6-5-9-1-2-9/h3-4,7-9H,1-2H2,(H,19,20)/t13-/m0/s1. The average Bonchev–Trinajstić information content (AvgIpc) is 3.18. The van der Waals surface area contributed by atoms with Crippen LogP contribution < -0.4 is 5.32 Å². The second kappa shape index (κ2) is 4.52. The van der Waals surface area contributed by atoms with E-state index in [1.54, 1.807) is 12.1 Å². The zero-order valence-electron chi connectivity index (χ0n) is 10.3. The van der Waals surface area contributed by atoms with Crippen molar-refractivity contribution in [3.8, 4) is 11.8 Å². The summed E-state index contributed by atoms with van der Waals surface area (Å²) < 4.78 is 41.5. The van der Waals surface area contributed by atoms with Gasteiger partial charge in [0, 0.05) is 16.0 Å². The Morgan fingerprint density at radius 1 is 1.35 bits per heavy atom. The maximum atomic E-state index is 13.6. The van der Waals surface area contributed by atoms with Crippen LogP contribution in [-0.2, 0) is 5.54 Å². The SMILES string of the molecule is FC(F)(F)[C@@]1(C#CC2CC2)NC=Nc2cc(Br)ccc21. The smallest absolute Gasteiger partial charge is 0.349 e. The summed E-state index contributed by atoms with van der Waals surface area (Å²) in [5, 5.41) is 2.33. The summed E-state index contributed by atoms with van der Waals surface area (Å²) in [4.78, 5) is 3.97. The largest absolute Gasteiger partial charge is 0.427 e. The lowest BCUT2D eigenvalue weighted by molar-refractivity contribution is -0.177. The molecule has 0 amide bonds. The van der Waals surface area contributed by atoms with E-state index in [-0.39, 0.29) is 17.2 Å². The minimum Gasteiger partial charge on any atom is -0.349 e. The fourth-order valence-electron chi connectivity index (χ4n) is 2.05. The number of halogens is 4. The lowest BCUT2D eigenvalue weighted by Gasteiger charge is -2.34. The maximum Gasteiger partial charge on any atom is 0.427 e. The summed E-state index contributed by atoms with van der Waals surface area (Å²) in [5.41, 5.74) is -2.04. The van der Waals surface area contributed by atoms with Crippen molar-refractivity contribution in [3.63, 3.8) is 0 Å². The zero-order valence-corrected chi connectivity index (χ0v) is 11.8. The number of nitrogens with one attached hydrogen (secondary N) is 1. The Balaban J connectivity index is 2.17. The van der Waals surface area contributed by atoms with Crippen LogP contribution in [0.3, 0.4) is 0 Å². The molecule has 0 spiro atoms. The summed E-state index contributed by atoms with van der Waals surface area (Å²) >= 11 is 3.24. The van der Waals surface area contributed by atoms with E-state index in [9.17, 15) is 13.2 Å². The van der Waals surface area contributed by atoms with Gasteiger partial charge in [-0.05, 0) is 25.0 Å². The van der Waals surface area contributed by atoms with Crippen molar-refractivity contribution in [2.75, 3.05) is 0 Å². The number of rotatable bonds is 0. The molecule has 1 atom stereocenters. The first-order chi connectivity index (χ1) is 9.42. The van der Waals surface area contributed by atoms with E-state index in [4.69, 9.17) is 0 Å². The summed E-state index contributed by atoms with van der Waals surface area (Å²) in [6.07, 6.45) is -1.70. The van der Waals surface area contributed by atoms with Crippen molar-refractivity contribution in [3.05, 3.63) is 28.2 Å². The van der Waals surface area contributed by atoms with Gasteiger partial charge in [0.1, 0.15) is 0 Å². The Morgan fingerprint density at radius 3 is 2.75 bits per heavy atom. The van der Waals surface area contributed by atoms with Crippen molar-refractivity contribution in [2.45, 2.75) is 24.6 Å².